The Bertz CT molecular complexity index is 418. The molecule has 0 spiro atoms. The van der Waals surface area contributed by atoms with Gasteiger partial charge >= 0.3 is 11.7 Å². The SMILES string of the molecule is CC(CCC(=O)O)Oc1ccccc1[N+](=O)[O-]. The third-order valence-electron chi connectivity index (χ3n) is 2.15. The number of carboxylic acid groups (broad SMARTS) is 1. The zero-order valence-corrected chi connectivity index (χ0v) is 9.33. The number of carboxylic acids is 1. The molecule has 0 saturated heterocycles. The normalized spacial score (nSPS) is 11.8. The van der Waals surface area contributed by atoms with Gasteiger partial charge in [-0.2, -0.15) is 0 Å². The van der Waals surface area contributed by atoms with Crippen LogP contribution in [0.25, 0.3) is 0 Å². The van der Waals surface area contributed by atoms with E-state index >= 15 is 0 Å². The van der Waals surface area contributed by atoms with Crippen molar-refractivity contribution in [3.05, 3.63) is 34.4 Å². The van der Waals surface area contributed by atoms with E-state index in [9.17, 15) is 14.9 Å². The van der Waals surface area contributed by atoms with Crippen LogP contribution in [0.2, 0.25) is 0 Å². The molecule has 0 aliphatic heterocycles. The zero-order chi connectivity index (χ0) is 12.8. The first kappa shape index (κ1) is 13.0. The molecule has 1 aromatic carbocycles. The van der Waals surface area contributed by atoms with Crippen molar-refractivity contribution in [2.75, 3.05) is 0 Å². The quantitative estimate of drug-likeness (QED) is 0.607. The third-order valence-corrected chi connectivity index (χ3v) is 2.15. The van der Waals surface area contributed by atoms with Gasteiger partial charge in [-0.1, -0.05) is 12.1 Å². The van der Waals surface area contributed by atoms with E-state index in [1.807, 2.05) is 0 Å². The Hall–Kier alpha value is -2.11. The van der Waals surface area contributed by atoms with Crippen LogP contribution in [-0.2, 0) is 4.79 Å². The van der Waals surface area contributed by atoms with Crippen LogP contribution in [0.5, 0.6) is 5.75 Å². The zero-order valence-electron chi connectivity index (χ0n) is 9.33. The Morgan fingerprint density at radius 2 is 2.18 bits per heavy atom. The molecule has 6 nitrogen and oxygen atoms in total. The maximum absolute atomic E-state index is 10.7. The molecule has 0 aliphatic carbocycles. The van der Waals surface area contributed by atoms with Crippen LogP contribution in [0, 0.1) is 10.1 Å². The van der Waals surface area contributed by atoms with Gasteiger partial charge in [0.25, 0.3) is 0 Å². The summed E-state index contributed by atoms with van der Waals surface area (Å²) in [6.45, 7) is 1.68. The summed E-state index contributed by atoms with van der Waals surface area (Å²) in [5, 5.41) is 19.2. The van der Waals surface area contributed by atoms with E-state index in [2.05, 4.69) is 0 Å². The van der Waals surface area contributed by atoms with E-state index in [1.165, 1.54) is 12.1 Å². The summed E-state index contributed by atoms with van der Waals surface area (Å²) in [6.07, 6.45) is -0.101. The second kappa shape index (κ2) is 5.83. The summed E-state index contributed by atoms with van der Waals surface area (Å²) in [7, 11) is 0. The molecule has 0 radical (unpaired) electrons. The summed E-state index contributed by atoms with van der Waals surface area (Å²) >= 11 is 0. The van der Waals surface area contributed by atoms with Gasteiger partial charge in [0.2, 0.25) is 0 Å². The Morgan fingerprint density at radius 3 is 2.76 bits per heavy atom. The van der Waals surface area contributed by atoms with Crippen molar-refractivity contribution < 1.29 is 19.6 Å². The summed E-state index contributed by atoms with van der Waals surface area (Å²) in [5.41, 5.74) is -0.116. The first-order valence-corrected chi connectivity index (χ1v) is 5.12. The molecule has 1 aromatic rings. The largest absolute Gasteiger partial charge is 0.484 e. The number of nitro benzene ring substituents is 1. The molecular formula is C11H13NO5. The van der Waals surface area contributed by atoms with Gasteiger partial charge in [-0.25, -0.2) is 0 Å². The number of carbonyl (C=O) groups is 1. The number of benzene rings is 1. The van der Waals surface area contributed by atoms with Crippen molar-refractivity contribution in [3.8, 4) is 5.75 Å². The monoisotopic (exact) mass is 239 g/mol. The van der Waals surface area contributed by atoms with Crippen molar-refractivity contribution in [1.29, 1.82) is 0 Å². The number of nitrogens with zero attached hydrogens (tertiary/aromatic N) is 1. The predicted molar refractivity (Wildman–Crippen MR) is 60.1 cm³/mol. The molecule has 1 unspecified atom stereocenters. The molecule has 92 valence electrons. The highest BCUT2D eigenvalue weighted by molar-refractivity contribution is 5.66. The number of rotatable bonds is 6. The summed E-state index contributed by atoms with van der Waals surface area (Å²) in [5.74, 6) is -0.751. The van der Waals surface area contributed by atoms with Crippen LogP contribution in [0.1, 0.15) is 19.8 Å². The minimum atomic E-state index is -0.914. The minimum Gasteiger partial charge on any atom is -0.484 e. The molecule has 0 amide bonds. The van der Waals surface area contributed by atoms with Gasteiger partial charge in [0.15, 0.2) is 5.75 Å². The molecule has 0 heterocycles. The topological polar surface area (TPSA) is 89.7 Å². The fourth-order valence-electron chi connectivity index (χ4n) is 1.31. The highest BCUT2D eigenvalue weighted by Gasteiger charge is 2.16. The van der Waals surface area contributed by atoms with Crippen LogP contribution in [0.15, 0.2) is 24.3 Å². The fourth-order valence-corrected chi connectivity index (χ4v) is 1.31. The molecule has 1 N–H and O–H groups in total. The molecule has 0 aliphatic rings. The maximum Gasteiger partial charge on any atom is 0.310 e. The second-order valence-corrected chi connectivity index (χ2v) is 3.59. The molecule has 0 aromatic heterocycles. The Labute approximate surface area is 98.0 Å². The van der Waals surface area contributed by atoms with E-state index < -0.39 is 10.9 Å². The highest BCUT2D eigenvalue weighted by atomic mass is 16.6. The van der Waals surface area contributed by atoms with Gasteiger partial charge in [0.05, 0.1) is 11.0 Å². The third kappa shape index (κ3) is 4.10. The first-order chi connectivity index (χ1) is 8.00. The van der Waals surface area contributed by atoms with Crippen molar-refractivity contribution in [1.82, 2.24) is 0 Å². The molecule has 1 rings (SSSR count). The van der Waals surface area contributed by atoms with Crippen molar-refractivity contribution in [2.45, 2.75) is 25.9 Å². The van der Waals surface area contributed by atoms with Crippen molar-refractivity contribution in [2.24, 2.45) is 0 Å². The minimum absolute atomic E-state index is 0.0260. The lowest BCUT2D eigenvalue weighted by molar-refractivity contribution is -0.386. The number of aliphatic carboxylic acids is 1. The number of hydrogen-bond donors (Lipinski definition) is 1. The average molecular weight is 239 g/mol. The number of para-hydroxylation sites is 2. The second-order valence-electron chi connectivity index (χ2n) is 3.59. The van der Waals surface area contributed by atoms with E-state index in [4.69, 9.17) is 9.84 Å². The lowest BCUT2D eigenvalue weighted by Gasteiger charge is -2.13. The lowest BCUT2D eigenvalue weighted by atomic mass is 10.2. The van der Waals surface area contributed by atoms with E-state index in [0.29, 0.717) is 6.42 Å². The summed E-state index contributed by atoms with van der Waals surface area (Å²) in [6, 6.07) is 6.02. The van der Waals surface area contributed by atoms with Crippen LogP contribution >= 0.6 is 0 Å². The Kier molecular flexibility index (Phi) is 4.45. The summed E-state index contributed by atoms with van der Waals surface area (Å²) < 4.78 is 5.35. The molecule has 0 bridgehead atoms. The van der Waals surface area contributed by atoms with Gasteiger partial charge in [-0.15, -0.1) is 0 Å². The smallest absolute Gasteiger partial charge is 0.310 e. The first-order valence-electron chi connectivity index (χ1n) is 5.12. The van der Waals surface area contributed by atoms with Crippen LogP contribution in [0.4, 0.5) is 5.69 Å². The van der Waals surface area contributed by atoms with Crippen LogP contribution in [0.3, 0.4) is 0 Å². The fraction of sp³-hybridized carbons (Fsp3) is 0.364. The Balaban J connectivity index is 2.67. The van der Waals surface area contributed by atoms with Gasteiger partial charge in [-0.05, 0) is 19.4 Å². The van der Waals surface area contributed by atoms with E-state index in [1.54, 1.807) is 19.1 Å². The molecule has 6 heteroatoms. The number of hydrogen-bond acceptors (Lipinski definition) is 4. The molecular weight excluding hydrogens is 226 g/mol. The molecule has 0 fully saturated rings. The van der Waals surface area contributed by atoms with Gasteiger partial charge in [0, 0.05) is 12.5 Å². The van der Waals surface area contributed by atoms with Gasteiger partial charge in [0.1, 0.15) is 0 Å². The van der Waals surface area contributed by atoms with E-state index in [-0.39, 0.29) is 24.0 Å². The molecule has 0 saturated carbocycles. The summed E-state index contributed by atoms with van der Waals surface area (Å²) in [4.78, 5) is 20.5. The maximum atomic E-state index is 10.7. The number of ether oxygens (including phenoxy) is 1. The van der Waals surface area contributed by atoms with Crippen LogP contribution < -0.4 is 4.74 Å². The van der Waals surface area contributed by atoms with Crippen molar-refractivity contribution >= 4 is 11.7 Å². The lowest BCUT2D eigenvalue weighted by Crippen LogP contribution is -2.14. The Morgan fingerprint density at radius 1 is 1.53 bits per heavy atom. The van der Waals surface area contributed by atoms with Gasteiger partial charge < -0.3 is 9.84 Å². The van der Waals surface area contributed by atoms with E-state index in [0.717, 1.165) is 0 Å². The standard InChI is InChI=1S/C11H13NO5/c1-8(6-7-11(13)14)17-10-5-3-2-4-9(10)12(15)16/h2-5,8H,6-7H2,1H3,(H,13,14). The van der Waals surface area contributed by atoms with Crippen molar-refractivity contribution in [3.63, 3.8) is 0 Å². The molecule has 17 heavy (non-hydrogen) atoms. The average Bonchev–Trinajstić information content (AvgIpc) is 2.27. The molecule has 1 atom stereocenters. The highest BCUT2D eigenvalue weighted by Crippen LogP contribution is 2.27. The number of nitro groups is 1. The van der Waals surface area contributed by atoms with Gasteiger partial charge in [-0.3, -0.25) is 14.9 Å². The predicted octanol–water partition coefficient (Wildman–Crippen LogP) is 2.23. The van der Waals surface area contributed by atoms with Crippen LogP contribution in [-0.4, -0.2) is 22.1 Å².